The van der Waals surface area contributed by atoms with Crippen LogP contribution in [-0.4, -0.2) is 19.5 Å². The zero-order chi connectivity index (χ0) is 28.6. The Hall–Kier alpha value is -5.87. The first kappa shape index (κ1) is 24.9. The van der Waals surface area contributed by atoms with Gasteiger partial charge in [-0.25, -0.2) is 4.98 Å². The van der Waals surface area contributed by atoms with Crippen molar-refractivity contribution in [2.45, 2.75) is 0 Å². The maximum Gasteiger partial charge on any atom is 0.0716 e. The van der Waals surface area contributed by atoms with E-state index in [0.29, 0.717) is 0 Å². The van der Waals surface area contributed by atoms with Gasteiger partial charge in [0.2, 0.25) is 0 Å². The van der Waals surface area contributed by atoms with E-state index in [-0.39, 0.29) is 0 Å². The second-order valence-corrected chi connectivity index (χ2v) is 10.6. The minimum atomic E-state index is 0.927. The molecule has 0 saturated carbocycles. The molecule has 0 saturated heterocycles. The van der Waals surface area contributed by atoms with E-state index >= 15 is 0 Å². The minimum Gasteiger partial charge on any atom is -0.309 e. The predicted octanol–water partition coefficient (Wildman–Crippen LogP) is 9.64. The molecule has 8 aromatic rings. The van der Waals surface area contributed by atoms with Gasteiger partial charge in [0.1, 0.15) is 0 Å². The molecule has 0 radical (unpaired) electrons. The standard InChI is InChI=1S/C39H26N4/c1-3-7-27(8-4-1)32-24-36(42-37(25-32)30-17-20-40-21-18-30)29-13-11-28(12-14-29)31-15-16-38-34(23-31)35-26-41-22-19-39(35)43(38)33-9-5-2-6-10-33/h1-26H. The van der Waals surface area contributed by atoms with E-state index < -0.39 is 0 Å². The lowest BCUT2D eigenvalue weighted by Crippen LogP contribution is -1.93. The molecule has 0 aliphatic rings. The van der Waals surface area contributed by atoms with E-state index in [9.17, 15) is 0 Å². The fourth-order valence-electron chi connectivity index (χ4n) is 5.88. The van der Waals surface area contributed by atoms with Gasteiger partial charge in [0, 0.05) is 52.4 Å². The van der Waals surface area contributed by atoms with Crippen LogP contribution >= 0.6 is 0 Å². The summed E-state index contributed by atoms with van der Waals surface area (Å²) in [6.45, 7) is 0. The molecular formula is C39H26N4. The summed E-state index contributed by atoms with van der Waals surface area (Å²) in [5.41, 5.74) is 12.1. The third-order valence-corrected chi connectivity index (χ3v) is 8.00. The number of hydrogen-bond acceptors (Lipinski definition) is 3. The fourth-order valence-corrected chi connectivity index (χ4v) is 5.88. The second-order valence-electron chi connectivity index (χ2n) is 10.6. The predicted molar refractivity (Wildman–Crippen MR) is 176 cm³/mol. The minimum absolute atomic E-state index is 0.927. The van der Waals surface area contributed by atoms with Crippen LogP contribution in [0.2, 0.25) is 0 Å². The van der Waals surface area contributed by atoms with Gasteiger partial charge in [0.05, 0.1) is 22.4 Å². The molecule has 4 heterocycles. The molecule has 0 aliphatic carbocycles. The molecule has 0 N–H and O–H groups in total. The van der Waals surface area contributed by atoms with Crippen LogP contribution in [0.3, 0.4) is 0 Å². The molecule has 0 aliphatic heterocycles. The Labute approximate surface area is 249 Å². The molecule has 4 heteroatoms. The average Bonchev–Trinajstić information content (AvgIpc) is 3.43. The smallest absolute Gasteiger partial charge is 0.0716 e. The molecule has 0 fully saturated rings. The Morgan fingerprint density at radius 1 is 0.395 bits per heavy atom. The SMILES string of the molecule is c1ccc(-c2cc(-c3ccncc3)nc(-c3ccc(-c4ccc5c(c4)c4cnccc4n5-c4ccccc4)cc3)c2)cc1. The zero-order valence-electron chi connectivity index (χ0n) is 23.3. The Balaban J connectivity index is 1.21. The van der Waals surface area contributed by atoms with Crippen LogP contribution in [0.1, 0.15) is 0 Å². The molecule has 0 amide bonds. The highest BCUT2D eigenvalue weighted by molar-refractivity contribution is 6.10. The zero-order valence-corrected chi connectivity index (χ0v) is 23.3. The first-order valence-electron chi connectivity index (χ1n) is 14.3. The first-order chi connectivity index (χ1) is 21.3. The number of fused-ring (bicyclic) bond motifs is 3. The largest absolute Gasteiger partial charge is 0.309 e. The van der Waals surface area contributed by atoms with Gasteiger partial charge in [-0.05, 0) is 76.9 Å². The number of nitrogens with zero attached hydrogens (tertiary/aromatic N) is 4. The van der Waals surface area contributed by atoms with Gasteiger partial charge >= 0.3 is 0 Å². The molecule has 4 aromatic heterocycles. The number of pyridine rings is 3. The number of para-hydroxylation sites is 1. The van der Waals surface area contributed by atoms with E-state index in [1.165, 1.54) is 16.5 Å². The Kier molecular flexibility index (Phi) is 6.08. The van der Waals surface area contributed by atoms with Gasteiger partial charge in [-0.1, -0.05) is 78.9 Å². The van der Waals surface area contributed by atoms with Crippen molar-refractivity contribution in [2.24, 2.45) is 0 Å². The van der Waals surface area contributed by atoms with Gasteiger partial charge in [-0.2, -0.15) is 0 Å². The summed E-state index contributed by atoms with van der Waals surface area (Å²) >= 11 is 0. The summed E-state index contributed by atoms with van der Waals surface area (Å²) in [6, 6.07) is 46.8. The highest BCUT2D eigenvalue weighted by Crippen LogP contribution is 2.35. The first-order valence-corrected chi connectivity index (χ1v) is 14.3. The Bertz CT molecular complexity index is 2150. The van der Waals surface area contributed by atoms with E-state index in [4.69, 9.17) is 4.98 Å². The maximum atomic E-state index is 5.07. The van der Waals surface area contributed by atoms with Crippen LogP contribution in [-0.2, 0) is 0 Å². The summed E-state index contributed by atoms with van der Waals surface area (Å²) < 4.78 is 2.31. The molecule has 4 aromatic carbocycles. The van der Waals surface area contributed by atoms with Crippen LogP contribution in [0.25, 0.3) is 72.3 Å². The van der Waals surface area contributed by atoms with E-state index in [0.717, 1.165) is 55.8 Å². The van der Waals surface area contributed by atoms with Gasteiger partial charge in [-0.15, -0.1) is 0 Å². The van der Waals surface area contributed by atoms with E-state index in [2.05, 4.69) is 124 Å². The summed E-state index contributed by atoms with van der Waals surface area (Å²) in [6.07, 6.45) is 7.45. The van der Waals surface area contributed by atoms with Gasteiger partial charge in [0.25, 0.3) is 0 Å². The molecule has 4 nitrogen and oxygen atoms in total. The van der Waals surface area contributed by atoms with Crippen LogP contribution in [0.4, 0.5) is 0 Å². The molecule has 202 valence electrons. The molecule has 8 rings (SSSR count). The molecule has 0 atom stereocenters. The van der Waals surface area contributed by atoms with Gasteiger partial charge in [0.15, 0.2) is 0 Å². The van der Waals surface area contributed by atoms with Crippen molar-refractivity contribution in [3.05, 3.63) is 158 Å². The third kappa shape index (κ3) is 4.55. The lowest BCUT2D eigenvalue weighted by molar-refractivity contribution is 1.17. The lowest BCUT2D eigenvalue weighted by atomic mass is 9.98. The van der Waals surface area contributed by atoms with E-state index in [1.807, 2.05) is 49.1 Å². The van der Waals surface area contributed by atoms with Crippen molar-refractivity contribution in [3.8, 4) is 50.5 Å². The average molecular weight is 551 g/mol. The number of hydrogen-bond donors (Lipinski definition) is 0. The summed E-state index contributed by atoms with van der Waals surface area (Å²) in [4.78, 5) is 13.7. The second kappa shape index (κ2) is 10.5. The highest BCUT2D eigenvalue weighted by atomic mass is 15.0. The van der Waals surface area contributed by atoms with Crippen LogP contribution in [0.5, 0.6) is 0 Å². The topological polar surface area (TPSA) is 43.6 Å². The highest BCUT2D eigenvalue weighted by Gasteiger charge is 2.14. The normalized spacial score (nSPS) is 11.3. The van der Waals surface area contributed by atoms with Gasteiger partial charge in [-0.3, -0.25) is 9.97 Å². The van der Waals surface area contributed by atoms with Crippen molar-refractivity contribution in [2.75, 3.05) is 0 Å². The molecular weight excluding hydrogens is 524 g/mol. The quantitative estimate of drug-likeness (QED) is 0.214. The number of aromatic nitrogens is 4. The number of benzene rings is 4. The summed E-state index contributed by atoms with van der Waals surface area (Å²) in [7, 11) is 0. The van der Waals surface area contributed by atoms with Crippen molar-refractivity contribution >= 4 is 21.8 Å². The lowest BCUT2D eigenvalue weighted by Gasteiger charge is -2.11. The van der Waals surface area contributed by atoms with Crippen molar-refractivity contribution in [1.29, 1.82) is 0 Å². The third-order valence-electron chi connectivity index (χ3n) is 8.00. The Morgan fingerprint density at radius 3 is 1.72 bits per heavy atom. The van der Waals surface area contributed by atoms with Crippen molar-refractivity contribution < 1.29 is 0 Å². The molecule has 0 spiro atoms. The van der Waals surface area contributed by atoms with Crippen LogP contribution in [0.15, 0.2) is 158 Å². The fraction of sp³-hybridized carbons (Fsp3) is 0. The van der Waals surface area contributed by atoms with Crippen LogP contribution in [0, 0.1) is 0 Å². The van der Waals surface area contributed by atoms with Gasteiger partial charge < -0.3 is 4.57 Å². The summed E-state index contributed by atoms with van der Waals surface area (Å²) in [5.74, 6) is 0. The van der Waals surface area contributed by atoms with E-state index in [1.54, 1.807) is 0 Å². The maximum absolute atomic E-state index is 5.07. The van der Waals surface area contributed by atoms with Crippen LogP contribution < -0.4 is 0 Å². The monoisotopic (exact) mass is 550 g/mol. The van der Waals surface area contributed by atoms with Crippen molar-refractivity contribution in [1.82, 2.24) is 19.5 Å². The summed E-state index contributed by atoms with van der Waals surface area (Å²) in [5, 5.41) is 2.33. The molecule has 0 unspecified atom stereocenters. The molecule has 43 heavy (non-hydrogen) atoms. The number of rotatable bonds is 5. The molecule has 0 bridgehead atoms. The van der Waals surface area contributed by atoms with Crippen molar-refractivity contribution in [3.63, 3.8) is 0 Å². The Morgan fingerprint density at radius 2 is 0.977 bits per heavy atom.